The lowest BCUT2D eigenvalue weighted by Gasteiger charge is -2.09. The van der Waals surface area contributed by atoms with E-state index in [1.54, 1.807) is 6.07 Å². The molecular weight excluding hydrogens is 284 g/mol. The minimum atomic E-state index is -4.08. The average molecular weight is 296 g/mol. The zero-order valence-electron chi connectivity index (χ0n) is 10.3. The fourth-order valence-electron chi connectivity index (χ4n) is 2.14. The third-order valence-electron chi connectivity index (χ3n) is 2.96. The van der Waals surface area contributed by atoms with Crippen molar-refractivity contribution in [3.05, 3.63) is 46.0 Å². The number of nitrogens with zero attached hydrogens (tertiary/aromatic N) is 1. The predicted octanol–water partition coefficient (Wildman–Crippen LogP) is 0.930. The lowest BCUT2D eigenvalue weighted by molar-refractivity contribution is -0.383. The van der Waals surface area contributed by atoms with Gasteiger partial charge in [0, 0.05) is 12.7 Å². The summed E-state index contributed by atoms with van der Waals surface area (Å²) in [6, 6.07) is 6.99. The molecule has 0 fully saturated rings. The number of nitro benzene ring substituents is 1. The van der Waals surface area contributed by atoms with E-state index in [4.69, 9.17) is 10.2 Å². The summed E-state index contributed by atoms with van der Waals surface area (Å²) in [4.78, 5) is 10.1. The number of fused-ring (bicyclic) bond motifs is 1. The summed E-state index contributed by atoms with van der Waals surface area (Å²) in [5.74, 6) is 0. The van der Waals surface area contributed by atoms with Crippen molar-refractivity contribution in [1.82, 2.24) is 0 Å². The molecule has 0 saturated heterocycles. The van der Waals surface area contributed by atoms with Crippen molar-refractivity contribution in [3.63, 3.8) is 0 Å². The summed E-state index contributed by atoms with van der Waals surface area (Å²) >= 11 is 0. The van der Waals surface area contributed by atoms with Crippen LogP contribution < -0.4 is 5.14 Å². The predicted molar refractivity (Wildman–Crippen MR) is 72.8 cm³/mol. The third kappa shape index (κ3) is 2.48. The quantitative estimate of drug-likeness (QED) is 0.641. The number of nitrogens with two attached hydrogens (primary N) is 1. The molecular formula is C12H12N2O5S. The van der Waals surface area contributed by atoms with E-state index in [0.717, 1.165) is 0 Å². The van der Waals surface area contributed by atoms with Gasteiger partial charge in [0.25, 0.3) is 5.69 Å². The number of aliphatic hydroxyl groups is 1. The lowest BCUT2D eigenvalue weighted by atomic mass is 10.0. The second-order valence-electron chi connectivity index (χ2n) is 4.20. The van der Waals surface area contributed by atoms with Gasteiger partial charge in [-0.05, 0) is 23.4 Å². The fourth-order valence-corrected chi connectivity index (χ4v) is 2.90. The molecule has 106 valence electrons. The van der Waals surface area contributed by atoms with Gasteiger partial charge in [0.05, 0.1) is 15.2 Å². The number of rotatable bonds is 4. The normalized spacial score (nSPS) is 11.7. The highest BCUT2D eigenvalue weighted by Gasteiger charge is 2.22. The summed E-state index contributed by atoms with van der Waals surface area (Å²) in [5.41, 5.74) is 0.296. The Morgan fingerprint density at radius 3 is 2.50 bits per heavy atom. The van der Waals surface area contributed by atoms with Gasteiger partial charge in [-0.15, -0.1) is 0 Å². The highest BCUT2D eigenvalue weighted by molar-refractivity contribution is 7.89. The first-order valence-corrected chi connectivity index (χ1v) is 7.23. The standard InChI is InChI=1S/C12H12N2O5S/c13-20(18,19)11-5-4-8(6-7-15)9-2-1-3-10(12(9)11)14(16)17/h1-5,15H,6-7H2,(H2,13,18,19). The molecule has 0 amide bonds. The van der Waals surface area contributed by atoms with Gasteiger partial charge in [-0.2, -0.15) is 0 Å². The molecule has 7 nitrogen and oxygen atoms in total. The summed E-state index contributed by atoms with van der Waals surface area (Å²) in [7, 11) is -4.08. The van der Waals surface area contributed by atoms with Gasteiger partial charge in [0.15, 0.2) is 0 Å². The Morgan fingerprint density at radius 1 is 1.25 bits per heavy atom. The van der Waals surface area contributed by atoms with Crippen LogP contribution in [0.1, 0.15) is 5.56 Å². The van der Waals surface area contributed by atoms with Crippen molar-refractivity contribution < 1.29 is 18.4 Å². The number of hydrogen-bond acceptors (Lipinski definition) is 5. The van der Waals surface area contributed by atoms with E-state index in [1.807, 2.05) is 0 Å². The Kier molecular flexibility index (Phi) is 3.71. The molecule has 2 rings (SSSR count). The smallest absolute Gasteiger partial charge is 0.278 e. The van der Waals surface area contributed by atoms with E-state index in [0.29, 0.717) is 10.9 Å². The maximum atomic E-state index is 11.6. The Morgan fingerprint density at radius 2 is 1.95 bits per heavy atom. The SMILES string of the molecule is NS(=O)(=O)c1ccc(CCO)c2cccc([N+](=O)[O-])c12. The molecule has 2 aromatic rings. The molecule has 0 aliphatic heterocycles. The molecule has 2 aromatic carbocycles. The van der Waals surface area contributed by atoms with Crippen LogP contribution in [0.15, 0.2) is 35.2 Å². The van der Waals surface area contributed by atoms with Crippen LogP contribution in [-0.2, 0) is 16.4 Å². The number of primary sulfonamides is 1. The lowest BCUT2D eigenvalue weighted by Crippen LogP contribution is -2.13. The van der Waals surface area contributed by atoms with Crippen molar-refractivity contribution >= 4 is 26.5 Å². The summed E-state index contributed by atoms with van der Waals surface area (Å²) < 4.78 is 23.2. The maximum Gasteiger partial charge on any atom is 0.278 e. The number of nitro groups is 1. The number of sulfonamides is 1. The van der Waals surface area contributed by atoms with Crippen LogP contribution in [0.2, 0.25) is 0 Å². The zero-order valence-corrected chi connectivity index (χ0v) is 11.1. The van der Waals surface area contributed by atoms with Crippen molar-refractivity contribution in [2.75, 3.05) is 6.61 Å². The topological polar surface area (TPSA) is 124 Å². The third-order valence-corrected chi connectivity index (χ3v) is 3.91. The molecule has 3 N–H and O–H groups in total. The Labute approximate surface area is 114 Å². The van der Waals surface area contributed by atoms with Crippen LogP contribution in [-0.4, -0.2) is 25.1 Å². The first-order valence-electron chi connectivity index (χ1n) is 5.69. The summed E-state index contributed by atoms with van der Waals surface area (Å²) in [6.45, 7) is -0.146. The first kappa shape index (κ1) is 14.4. The van der Waals surface area contributed by atoms with E-state index in [9.17, 15) is 18.5 Å². The number of hydrogen-bond donors (Lipinski definition) is 2. The largest absolute Gasteiger partial charge is 0.396 e. The van der Waals surface area contributed by atoms with E-state index in [1.165, 1.54) is 24.3 Å². The monoisotopic (exact) mass is 296 g/mol. The van der Waals surface area contributed by atoms with Gasteiger partial charge in [-0.1, -0.05) is 18.2 Å². The molecule has 0 spiro atoms. The summed E-state index contributed by atoms with van der Waals surface area (Å²) in [5, 5.41) is 25.6. The van der Waals surface area contributed by atoms with Crippen molar-refractivity contribution in [1.29, 1.82) is 0 Å². The number of benzene rings is 2. The molecule has 0 heterocycles. The molecule has 0 aromatic heterocycles. The van der Waals surface area contributed by atoms with Gasteiger partial charge >= 0.3 is 0 Å². The van der Waals surface area contributed by atoms with Gasteiger partial charge < -0.3 is 5.11 Å². The maximum absolute atomic E-state index is 11.6. The number of aliphatic hydroxyl groups excluding tert-OH is 1. The van der Waals surface area contributed by atoms with E-state index >= 15 is 0 Å². The average Bonchev–Trinajstić information content (AvgIpc) is 2.37. The van der Waals surface area contributed by atoms with Crippen LogP contribution in [0.5, 0.6) is 0 Å². The molecule has 0 unspecified atom stereocenters. The van der Waals surface area contributed by atoms with Gasteiger partial charge in [0.1, 0.15) is 0 Å². The molecule has 0 bridgehead atoms. The molecule has 0 aliphatic carbocycles. The van der Waals surface area contributed by atoms with Gasteiger partial charge in [-0.25, -0.2) is 13.6 Å². The first-order chi connectivity index (χ1) is 9.36. The van der Waals surface area contributed by atoms with Crippen molar-refractivity contribution in [2.24, 2.45) is 5.14 Å². The van der Waals surface area contributed by atoms with Crippen molar-refractivity contribution in [3.8, 4) is 0 Å². The Bertz CT molecular complexity index is 786. The number of non-ortho nitro benzene ring substituents is 1. The molecule has 0 radical (unpaired) electrons. The minimum absolute atomic E-state index is 0.0223. The minimum Gasteiger partial charge on any atom is -0.396 e. The van der Waals surface area contributed by atoms with Crippen molar-refractivity contribution in [2.45, 2.75) is 11.3 Å². The molecule has 0 saturated carbocycles. The fraction of sp³-hybridized carbons (Fsp3) is 0.167. The molecule has 8 heteroatoms. The highest BCUT2D eigenvalue weighted by Crippen LogP contribution is 2.33. The zero-order chi connectivity index (χ0) is 14.9. The van der Waals surface area contributed by atoms with Crippen LogP contribution >= 0.6 is 0 Å². The Balaban J connectivity index is 2.97. The van der Waals surface area contributed by atoms with Crippen LogP contribution in [0, 0.1) is 10.1 Å². The Hall–Kier alpha value is -2.03. The molecule has 20 heavy (non-hydrogen) atoms. The molecule has 0 atom stereocenters. The van der Waals surface area contributed by atoms with Crippen LogP contribution in [0.25, 0.3) is 10.8 Å². The van der Waals surface area contributed by atoms with E-state index in [2.05, 4.69) is 0 Å². The van der Waals surface area contributed by atoms with Gasteiger partial charge in [0.2, 0.25) is 10.0 Å². The second kappa shape index (κ2) is 5.16. The van der Waals surface area contributed by atoms with E-state index in [-0.39, 0.29) is 29.0 Å². The van der Waals surface area contributed by atoms with Crippen LogP contribution in [0.4, 0.5) is 5.69 Å². The summed E-state index contributed by atoms with van der Waals surface area (Å²) in [6.07, 6.45) is 0.266. The second-order valence-corrected chi connectivity index (χ2v) is 5.73. The molecule has 0 aliphatic rings. The van der Waals surface area contributed by atoms with Gasteiger partial charge in [-0.3, -0.25) is 10.1 Å². The highest BCUT2D eigenvalue weighted by atomic mass is 32.2. The van der Waals surface area contributed by atoms with Crippen LogP contribution in [0.3, 0.4) is 0 Å². The van der Waals surface area contributed by atoms with E-state index < -0.39 is 14.9 Å².